The number of nitro benzene ring substituents is 1. The molecule has 0 radical (unpaired) electrons. The van der Waals surface area contributed by atoms with E-state index in [2.05, 4.69) is 5.32 Å². The van der Waals surface area contributed by atoms with Crippen LogP contribution in [-0.2, 0) is 6.18 Å². The largest absolute Gasteiger partial charge is 0.508 e. The van der Waals surface area contributed by atoms with Gasteiger partial charge in [0.05, 0.1) is 22.6 Å². The second kappa shape index (κ2) is 6.98. The first-order chi connectivity index (χ1) is 11.6. The van der Waals surface area contributed by atoms with Crippen molar-refractivity contribution in [2.75, 3.05) is 5.32 Å². The van der Waals surface area contributed by atoms with E-state index in [0.717, 1.165) is 12.1 Å². The van der Waals surface area contributed by atoms with Gasteiger partial charge in [-0.15, -0.1) is 0 Å². The molecule has 134 valence electrons. The Bertz CT molecular complexity index is 763. The monoisotopic (exact) mass is 356 g/mol. The maximum atomic E-state index is 12.7. The minimum Gasteiger partial charge on any atom is -0.508 e. The fourth-order valence-corrected chi connectivity index (χ4v) is 2.27. The summed E-state index contributed by atoms with van der Waals surface area (Å²) < 4.78 is 38.1. The highest BCUT2D eigenvalue weighted by Gasteiger charge is 2.33. The molecule has 0 fully saturated rings. The average molecular weight is 356 g/mol. The quantitative estimate of drug-likeness (QED) is 0.559. The van der Waals surface area contributed by atoms with Crippen molar-refractivity contribution in [1.29, 1.82) is 0 Å². The van der Waals surface area contributed by atoms with Crippen LogP contribution in [0, 0.1) is 10.1 Å². The zero-order valence-electron chi connectivity index (χ0n) is 13.0. The highest BCUT2D eigenvalue weighted by Crippen LogP contribution is 2.35. The number of halogens is 3. The Morgan fingerprint density at radius 1 is 1.16 bits per heavy atom. The number of benzene rings is 2. The number of nitrogens with one attached hydrogen (secondary N) is 1. The molecule has 0 unspecified atom stereocenters. The van der Waals surface area contributed by atoms with Gasteiger partial charge in [0.25, 0.3) is 5.69 Å². The van der Waals surface area contributed by atoms with E-state index in [4.69, 9.17) is 0 Å². The molecule has 25 heavy (non-hydrogen) atoms. The molecule has 0 saturated carbocycles. The van der Waals surface area contributed by atoms with Crippen molar-refractivity contribution in [2.45, 2.75) is 25.2 Å². The van der Waals surface area contributed by atoms with Crippen LogP contribution in [-0.4, -0.2) is 21.2 Å². The van der Waals surface area contributed by atoms with E-state index in [9.17, 15) is 33.5 Å². The van der Waals surface area contributed by atoms with Gasteiger partial charge in [-0.1, -0.05) is 12.1 Å². The van der Waals surface area contributed by atoms with Crippen molar-refractivity contribution in [3.63, 3.8) is 0 Å². The number of hydrogen-bond acceptors (Lipinski definition) is 5. The normalized spacial score (nSPS) is 14.0. The topological polar surface area (TPSA) is 95.6 Å². The molecule has 0 aliphatic rings. The minimum absolute atomic E-state index is 0.00920. The first-order valence-corrected chi connectivity index (χ1v) is 7.18. The van der Waals surface area contributed by atoms with E-state index < -0.39 is 34.5 Å². The van der Waals surface area contributed by atoms with E-state index >= 15 is 0 Å². The molecule has 0 spiro atoms. The summed E-state index contributed by atoms with van der Waals surface area (Å²) in [6.45, 7) is 1.53. The summed E-state index contributed by atoms with van der Waals surface area (Å²) >= 11 is 0. The lowest BCUT2D eigenvalue weighted by Gasteiger charge is -2.22. The third kappa shape index (κ3) is 4.38. The van der Waals surface area contributed by atoms with E-state index in [1.807, 2.05) is 0 Å². The number of aliphatic hydroxyl groups is 1. The van der Waals surface area contributed by atoms with Crippen LogP contribution in [0.1, 0.15) is 24.2 Å². The Labute approximate surface area is 140 Å². The summed E-state index contributed by atoms with van der Waals surface area (Å²) in [5.41, 5.74) is -1.56. The van der Waals surface area contributed by atoms with Gasteiger partial charge in [0.15, 0.2) is 0 Å². The van der Waals surface area contributed by atoms with Crippen LogP contribution in [0.5, 0.6) is 5.75 Å². The van der Waals surface area contributed by atoms with Crippen LogP contribution in [0.15, 0.2) is 42.5 Å². The van der Waals surface area contributed by atoms with Crippen molar-refractivity contribution < 1.29 is 28.3 Å². The number of aliphatic hydroxyl groups excluding tert-OH is 1. The average Bonchev–Trinajstić information content (AvgIpc) is 2.54. The summed E-state index contributed by atoms with van der Waals surface area (Å²) in [5.74, 6) is 0.00920. The lowest BCUT2D eigenvalue weighted by atomic mass is 10.0. The number of aromatic hydroxyl groups is 1. The second-order valence-corrected chi connectivity index (χ2v) is 5.46. The van der Waals surface area contributed by atoms with Crippen LogP contribution in [0.25, 0.3) is 0 Å². The zero-order chi connectivity index (χ0) is 18.8. The van der Waals surface area contributed by atoms with Gasteiger partial charge in [0, 0.05) is 6.07 Å². The minimum atomic E-state index is -4.69. The lowest BCUT2D eigenvalue weighted by molar-refractivity contribution is -0.384. The molecule has 9 heteroatoms. The molecule has 6 nitrogen and oxygen atoms in total. The van der Waals surface area contributed by atoms with Crippen molar-refractivity contribution in [3.8, 4) is 5.75 Å². The van der Waals surface area contributed by atoms with Crippen molar-refractivity contribution >= 4 is 11.4 Å². The first kappa shape index (κ1) is 18.5. The van der Waals surface area contributed by atoms with Gasteiger partial charge in [-0.05, 0) is 36.8 Å². The van der Waals surface area contributed by atoms with Crippen LogP contribution < -0.4 is 5.32 Å². The Kier molecular flexibility index (Phi) is 5.17. The fourth-order valence-electron chi connectivity index (χ4n) is 2.27. The molecule has 0 aromatic heterocycles. The summed E-state index contributed by atoms with van der Waals surface area (Å²) in [5, 5.41) is 33.2. The maximum Gasteiger partial charge on any atom is 0.416 e. The number of phenols is 1. The molecule has 0 heterocycles. The molecule has 0 aliphatic heterocycles. The fraction of sp³-hybridized carbons (Fsp3) is 0.250. The van der Waals surface area contributed by atoms with E-state index in [0.29, 0.717) is 11.6 Å². The Hall–Kier alpha value is -2.81. The molecule has 0 aliphatic carbocycles. The van der Waals surface area contributed by atoms with E-state index in [-0.39, 0.29) is 11.4 Å². The van der Waals surface area contributed by atoms with Gasteiger partial charge in [-0.25, -0.2) is 0 Å². The predicted octanol–water partition coefficient (Wildman–Crippen LogP) is 3.85. The van der Waals surface area contributed by atoms with Crippen LogP contribution in [0.4, 0.5) is 24.5 Å². The van der Waals surface area contributed by atoms with Crippen LogP contribution in [0.3, 0.4) is 0 Å². The number of alkyl halides is 3. The third-order valence-electron chi connectivity index (χ3n) is 3.61. The highest BCUT2D eigenvalue weighted by molar-refractivity contribution is 5.63. The Balaban J connectivity index is 2.26. The predicted molar refractivity (Wildman–Crippen MR) is 84.2 cm³/mol. The highest BCUT2D eigenvalue weighted by atomic mass is 19.4. The number of phenolic OH excluding ortho intramolecular Hbond substituents is 1. The van der Waals surface area contributed by atoms with Gasteiger partial charge in [0.1, 0.15) is 11.4 Å². The first-order valence-electron chi connectivity index (χ1n) is 7.18. The number of nitro groups is 1. The molecular formula is C16H15F3N2O4. The molecule has 3 N–H and O–H groups in total. The SMILES string of the molecule is C[C@H](Nc1ccc(C(F)(F)F)cc1[N+](=O)[O-])[C@@H](O)c1ccc(O)cc1. The van der Waals surface area contributed by atoms with Crippen molar-refractivity contribution in [3.05, 3.63) is 63.7 Å². The summed E-state index contributed by atoms with van der Waals surface area (Å²) in [6.07, 6.45) is -5.79. The number of anilines is 1. The van der Waals surface area contributed by atoms with Crippen molar-refractivity contribution in [1.82, 2.24) is 0 Å². The summed E-state index contributed by atoms with van der Waals surface area (Å²) in [6, 6.07) is 7.08. The van der Waals surface area contributed by atoms with E-state index in [1.54, 1.807) is 0 Å². The molecule has 0 saturated heterocycles. The Morgan fingerprint density at radius 3 is 2.28 bits per heavy atom. The standard InChI is InChI=1S/C16H15F3N2O4/c1-9(15(23)10-2-5-12(22)6-3-10)20-13-7-4-11(16(17,18)19)8-14(13)21(24)25/h2-9,15,20,22-23H,1H3/t9-,15+/m0/s1. The van der Waals surface area contributed by atoms with Crippen molar-refractivity contribution in [2.24, 2.45) is 0 Å². The number of nitrogens with zero attached hydrogens (tertiary/aromatic N) is 1. The van der Waals surface area contributed by atoms with Gasteiger partial charge in [-0.3, -0.25) is 10.1 Å². The van der Waals surface area contributed by atoms with Crippen LogP contribution in [0.2, 0.25) is 0 Å². The molecule has 2 aromatic rings. The third-order valence-corrected chi connectivity index (χ3v) is 3.61. The molecule has 2 aromatic carbocycles. The van der Waals surface area contributed by atoms with Gasteiger partial charge >= 0.3 is 6.18 Å². The zero-order valence-corrected chi connectivity index (χ0v) is 13.0. The molecular weight excluding hydrogens is 341 g/mol. The molecule has 2 atom stereocenters. The van der Waals surface area contributed by atoms with Gasteiger partial charge in [0.2, 0.25) is 0 Å². The Morgan fingerprint density at radius 2 is 1.76 bits per heavy atom. The maximum absolute atomic E-state index is 12.7. The molecule has 0 bridgehead atoms. The molecule has 0 amide bonds. The lowest BCUT2D eigenvalue weighted by Crippen LogP contribution is -2.24. The van der Waals surface area contributed by atoms with Gasteiger partial charge < -0.3 is 15.5 Å². The van der Waals surface area contributed by atoms with Gasteiger partial charge in [-0.2, -0.15) is 13.2 Å². The van der Waals surface area contributed by atoms with Crippen LogP contribution >= 0.6 is 0 Å². The smallest absolute Gasteiger partial charge is 0.416 e. The summed E-state index contributed by atoms with van der Waals surface area (Å²) in [4.78, 5) is 10.1. The second-order valence-electron chi connectivity index (χ2n) is 5.46. The number of hydrogen-bond donors (Lipinski definition) is 3. The summed E-state index contributed by atoms with van der Waals surface area (Å²) in [7, 11) is 0. The number of rotatable bonds is 5. The molecule has 2 rings (SSSR count). The van der Waals surface area contributed by atoms with E-state index in [1.165, 1.54) is 31.2 Å².